The molecule has 0 spiro atoms. The second-order valence-corrected chi connectivity index (χ2v) is 10.6. The van der Waals surface area contributed by atoms with Crippen molar-refractivity contribution >= 4 is 11.7 Å². The molecule has 2 aromatic carbocycles. The van der Waals surface area contributed by atoms with Gasteiger partial charge in [0.2, 0.25) is 0 Å². The number of nitrogens with one attached hydrogen (secondary N) is 2. The summed E-state index contributed by atoms with van der Waals surface area (Å²) < 4.78 is 44.0. The van der Waals surface area contributed by atoms with Gasteiger partial charge in [-0.1, -0.05) is 6.07 Å². The Bertz CT molecular complexity index is 1340. The standard InChI is InChI=1S/C30H35F2N3O4/c1-18-13-23(39-19(18)2)17-35-12-11-30(20-5-8-26(37-3)27(14-20)38-4)10-9-22(16-28(30)35)34-29(36)33-21-6-7-24(31)25(32)15-21/h5-8,13-15,22,28H,9-12,16-17H2,1-4H3,(H2,33,34,36)/t22-,28+,30+/m1/s1. The Labute approximate surface area is 227 Å². The van der Waals surface area contributed by atoms with Crippen molar-refractivity contribution in [3.8, 4) is 11.5 Å². The van der Waals surface area contributed by atoms with Crippen LogP contribution in [0.1, 0.15) is 48.3 Å². The highest BCUT2D eigenvalue weighted by molar-refractivity contribution is 5.89. The van der Waals surface area contributed by atoms with Gasteiger partial charge in [-0.3, -0.25) is 4.90 Å². The largest absolute Gasteiger partial charge is 0.493 e. The Morgan fingerprint density at radius 1 is 1.05 bits per heavy atom. The van der Waals surface area contributed by atoms with E-state index in [0.29, 0.717) is 18.0 Å². The molecule has 9 heteroatoms. The van der Waals surface area contributed by atoms with Crippen LogP contribution in [-0.2, 0) is 12.0 Å². The van der Waals surface area contributed by atoms with Gasteiger partial charge in [0.15, 0.2) is 23.1 Å². The van der Waals surface area contributed by atoms with Crippen molar-refractivity contribution in [1.82, 2.24) is 10.2 Å². The average Bonchev–Trinajstić information content (AvgIpc) is 3.44. The van der Waals surface area contributed by atoms with E-state index in [1.165, 1.54) is 11.6 Å². The van der Waals surface area contributed by atoms with Gasteiger partial charge in [-0.05, 0) is 87.5 Å². The lowest BCUT2D eigenvalue weighted by Crippen LogP contribution is -2.52. The molecular weight excluding hydrogens is 504 g/mol. The van der Waals surface area contributed by atoms with E-state index in [2.05, 4.69) is 33.7 Å². The topological polar surface area (TPSA) is 76.0 Å². The zero-order chi connectivity index (χ0) is 27.7. The molecule has 2 amide bonds. The number of halogens is 2. The normalized spacial score (nSPS) is 22.8. The number of carbonyl (C=O) groups excluding carboxylic acids is 1. The van der Waals surface area contributed by atoms with Gasteiger partial charge in [0.25, 0.3) is 0 Å². The van der Waals surface area contributed by atoms with E-state index in [1.54, 1.807) is 14.2 Å². The summed E-state index contributed by atoms with van der Waals surface area (Å²) in [4.78, 5) is 15.2. The van der Waals surface area contributed by atoms with E-state index < -0.39 is 17.7 Å². The smallest absolute Gasteiger partial charge is 0.319 e. The Balaban J connectivity index is 1.38. The number of benzene rings is 2. The molecule has 1 aromatic heterocycles. The summed E-state index contributed by atoms with van der Waals surface area (Å²) >= 11 is 0. The average molecular weight is 540 g/mol. The molecule has 0 radical (unpaired) electrons. The van der Waals surface area contributed by atoms with Crippen LogP contribution in [-0.4, -0.2) is 43.8 Å². The van der Waals surface area contributed by atoms with Gasteiger partial charge in [-0.15, -0.1) is 0 Å². The minimum atomic E-state index is -1.00. The highest BCUT2D eigenvalue weighted by atomic mass is 19.2. The molecule has 1 aliphatic carbocycles. The fraction of sp³-hybridized carbons (Fsp3) is 0.433. The van der Waals surface area contributed by atoms with E-state index in [-0.39, 0.29) is 23.2 Å². The number of urea groups is 1. The first-order chi connectivity index (χ1) is 18.7. The Morgan fingerprint density at radius 2 is 1.85 bits per heavy atom. The zero-order valence-corrected chi connectivity index (χ0v) is 22.8. The summed E-state index contributed by atoms with van der Waals surface area (Å²) in [6.07, 6.45) is 3.36. The fourth-order valence-corrected chi connectivity index (χ4v) is 6.30. The fourth-order valence-electron chi connectivity index (χ4n) is 6.30. The summed E-state index contributed by atoms with van der Waals surface area (Å²) in [7, 11) is 3.28. The van der Waals surface area contributed by atoms with Crippen LogP contribution in [0.15, 0.2) is 46.9 Å². The summed E-state index contributed by atoms with van der Waals surface area (Å²) in [5, 5.41) is 5.69. The van der Waals surface area contributed by atoms with Gasteiger partial charge in [-0.25, -0.2) is 13.6 Å². The lowest BCUT2D eigenvalue weighted by atomic mass is 9.65. The van der Waals surface area contributed by atoms with Crippen LogP contribution in [0.2, 0.25) is 0 Å². The first-order valence-corrected chi connectivity index (χ1v) is 13.3. The van der Waals surface area contributed by atoms with Crippen molar-refractivity contribution in [2.24, 2.45) is 0 Å². The predicted molar refractivity (Wildman–Crippen MR) is 144 cm³/mol. The highest BCUT2D eigenvalue weighted by Crippen LogP contribution is 2.50. The molecular formula is C30H35F2N3O4. The minimum absolute atomic E-state index is 0.0887. The van der Waals surface area contributed by atoms with Crippen LogP contribution in [0.25, 0.3) is 0 Å². The van der Waals surface area contributed by atoms with E-state index in [4.69, 9.17) is 13.9 Å². The second-order valence-electron chi connectivity index (χ2n) is 10.6. The Morgan fingerprint density at radius 3 is 2.54 bits per heavy atom. The van der Waals surface area contributed by atoms with Crippen LogP contribution in [0.4, 0.5) is 19.3 Å². The maximum absolute atomic E-state index is 13.6. The molecule has 1 saturated heterocycles. The Kier molecular flexibility index (Phi) is 7.53. The first-order valence-electron chi connectivity index (χ1n) is 13.3. The van der Waals surface area contributed by atoms with Gasteiger partial charge in [0.05, 0.1) is 20.8 Å². The number of ether oxygens (including phenoxy) is 2. The van der Waals surface area contributed by atoms with Crippen LogP contribution in [0.5, 0.6) is 11.5 Å². The van der Waals surface area contributed by atoms with Crippen molar-refractivity contribution in [3.63, 3.8) is 0 Å². The summed E-state index contributed by atoms with van der Waals surface area (Å²) in [5.41, 5.74) is 2.41. The number of aryl methyl sites for hydroxylation is 2. The molecule has 208 valence electrons. The third-order valence-corrected chi connectivity index (χ3v) is 8.42. The minimum Gasteiger partial charge on any atom is -0.493 e. The molecule has 7 nitrogen and oxygen atoms in total. The van der Waals surface area contributed by atoms with Crippen molar-refractivity contribution in [1.29, 1.82) is 0 Å². The molecule has 2 aliphatic rings. The first kappa shape index (κ1) is 27.0. The van der Waals surface area contributed by atoms with E-state index >= 15 is 0 Å². The van der Waals surface area contributed by atoms with Crippen molar-refractivity contribution in [2.75, 3.05) is 26.1 Å². The van der Waals surface area contributed by atoms with Crippen molar-refractivity contribution in [2.45, 2.75) is 63.6 Å². The molecule has 1 aliphatic heterocycles. The summed E-state index contributed by atoms with van der Waals surface area (Å²) in [5.74, 6) is 1.28. The second kappa shape index (κ2) is 10.9. The molecule has 2 N–H and O–H groups in total. The lowest BCUT2D eigenvalue weighted by Gasteiger charge is -2.45. The predicted octanol–water partition coefficient (Wildman–Crippen LogP) is 6.08. The number of fused-ring (bicyclic) bond motifs is 1. The molecule has 2 fully saturated rings. The third-order valence-electron chi connectivity index (χ3n) is 8.42. The molecule has 39 heavy (non-hydrogen) atoms. The summed E-state index contributed by atoms with van der Waals surface area (Å²) in [6.45, 7) is 5.60. The molecule has 5 rings (SSSR count). The number of furan rings is 1. The van der Waals surface area contributed by atoms with Crippen LogP contribution in [0, 0.1) is 25.5 Å². The van der Waals surface area contributed by atoms with Gasteiger partial charge in [0.1, 0.15) is 11.5 Å². The van der Waals surface area contributed by atoms with Crippen LogP contribution < -0.4 is 20.1 Å². The molecule has 2 heterocycles. The maximum atomic E-state index is 13.6. The van der Waals surface area contributed by atoms with E-state index in [9.17, 15) is 13.6 Å². The van der Waals surface area contributed by atoms with Crippen LogP contribution in [0.3, 0.4) is 0 Å². The number of methoxy groups -OCH3 is 2. The lowest BCUT2D eigenvalue weighted by molar-refractivity contribution is 0.124. The molecule has 0 unspecified atom stereocenters. The SMILES string of the molecule is COc1ccc([C@@]23CC[C@@H](NC(=O)Nc4ccc(F)c(F)c4)C[C@@H]2N(Cc2cc(C)c(C)o2)CC3)cc1OC. The van der Waals surface area contributed by atoms with Crippen molar-refractivity contribution in [3.05, 3.63) is 76.7 Å². The van der Waals surface area contributed by atoms with Gasteiger partial charge >= 0.3 is 6.03 Å². The van der Waals surface area contributed by atoms with Gasteiger partial charge in [-0.2, -0.15) is 0 Å². The maximum Gasteiger partial charge on any atom is 0.319 e. The third kappa shape index (κ3) is 5.32. The van der Waals surface area contributed by atoms with E-state index in [1.807, 2.05) is 19.9 Å². The van der Waals surface area contributed by atoms with Gasteiger partial charge < -0.3 is 24.5 Å². The number of carbonyl (C=O) groups is 1. The molecule has 3 aromatic rings. The van der Waals surface area contributed by atoms with Crippen molar-refractivity contribution < 1.29 is 27.5 Å². The number of amides is 2. The quantitative estimate of drug-likeness (QED) is 0.381. The van der Waals surface area contributed by atoms with E-state index in [0.717, 1.165) is 61.4 Å². The number of hydrogen-bond donors (Lipinski definition) is 2. The number of rotatable bonds is 7. The number of nitrogens with zero attached hydrogens (tertiary/aromatic N) is 1. The summed E-state index contributed by atoms with van der Waals surface area (Å²) in [6, 6.07) is 11.2. The van der Waals surface area contributed by atoms with Crippen LogP contribution >= 0.6 is 0 Å². The zero-order valence-electron chi connectivity index (χ0n) is 22.8. The number of likely N-dealkylation sites (tertiary alicyclic amines) is 1. The molecule has 3 atom stereocenters. The Hall–Kier alpha value is -3.59. The molecule has 0 bridgehead atoms. The number of anilines is 1. The monoisotopic (exact) mass is 539 g/mol. The highest BCUT2D eigenvalue weighted by Gasteiger charge is 2.52. The molecule has 1 saturated carbocycles. The number of hydrogen-bond acceptors (Lipinski definition) is 5. The van der Waals surface area contributed by atoms with Gasteiger partial charge in [0, 0.05) is 29.3 Å².